The molecule has 0 radical (unpaired) electrons. The summed E-state index contributed by atoms with van der Waals surface area (Å²) in [4.78, 5) is 6.66. The van der Waals surface area contributed by atoms with Crippen LogP contribution < -0.4 is 5.32 Å². The van der Waals surface area contributed by atoms with Gasteiger partial charge in [0.25, 0.3) is 0 Å². The second-order valence-electron chi connectivity index (χ2n) is 10.3. The molecular weight excluding hydrogens is 515 g/mol. The fraction of sp³-hybridized carbons (Fsp3) is 0.323. The number of hydrogen-bond acceptors (Lipinski definition) is 4. The molecule has 3 aromatic carbocycles. The summed E-state index contributed by atoms with van der Waals surface area (Å²) in [5.74, 6) is 0. The van der Waals surface area contributed by atoms with Crippen molar-refractivity contribution >= 4 is 23.2 Å². The van der Waals surface area contributed by atoms with Crippen molar-refractivity contribution in [2.24, 2.45) is 0 Å². The molecule has 1 aromatic heterocycles. The Morgan fingerprint density at radius 1 is 1.03 bits per heavy atom. The number of rotatable bonds is 9. The van der Waals surface area contributed by atoms with Crippen molar-refractivity contribution in [1.29, 1.82) is 0 Å². The first kappa shape index (κ1) is 26.9. The zero-order valence-electron chi connectivity index (χ0n) is 21.7. The number of nitrogens with zero attached hydrogens (tertiary/aromatic N) is 3. The molecular formula is C31H34Cl2N4O. The maximum absolute atomic E-state index is 11.8. The van der Waals surface area contributed by atoms with Gasteiger partial charge in [-0.3, -0.25) is 4.90 Å². The number of hydrogen-bond donors (Lipinski definition) is 2. The molecule has 0 bridgehead atoms. The van der Waals surface area contributed by atoms with E-state index < -0.39 is 5.60 Å². The van der Waals surface area contributed by atoms with Gasteiger partial charge in [-0.05, 0) is 67.2 Å². The fourth-order valence-electron chi connectivity index (χ4n) is 5.42. The Balaban J connectivity index is 1.21. The van der Waals surface area contributed by atoms with Crippen LogP contribution in [-0.2, 0) is 18.7 Å². The Kier molecular flexibility index (Phi) is 8.51. The Hall–Kier alpha value is -2.67. The quantitative estimate of drug-likeness (QED) is 0.257. The molecule has 1 saturated heterocycles. The maximum atomic E-state index is 11.8. The van der Waals surface area contributed by atoms with Crippen molar-refractivity contribution in [3.8, 4) is 11.1 Å². The molecule has 1 unspecified atom stereocenters. The third-order valence-electron chi connectivity index (χ3n) is 7.63. The fourth-order valence-corrected chi connectivity index (χ4v) is 6.00. The van der Waals surface area contributed by atoms with Gasteiger partial charge in [0.2, 0.25) is 0 Å². The summed E-state index contributed by atoms with van der Waals surface area (Å²) in [6.07, 6.45) is 7.31. The van der Waals surface area contributed by atoms with Crippen molar-refractivity contribution in [2.45, 2.75) is 44.5 Å². The molecule has 2 heterocycles. The molecule has 1 fully saturated rings. The van der Waals surface area contributed by atoms with Crippen molar-refractivity contribution in [2.75, 3.05) is 19.6 Å². The van der Waals surface area contributed by atoms with Crippen LogP contribution in [0.3, 0.4) is 0 Å². The van der Waals surface area contributed by atoms with Crippen LogP contribution in [0, 0.1) is 6.92 Å². The Labute approximate surface area is 235 Å². The summed E-state index contributed by atoms with van der Waals surface area (Å²) >= 11 is 12.7. The zero-order chi connectivity index (χ0) is 26.5. The smallest absolute Gasteiger partial charge is 0.121 e. The molecule has 1 aliphatic heterocycles. The summed E-state index contributed by atoms with van der Waals surface area (Å²) < 4.78 is 1.88. The minimum atomic E-state index is -1.20. The van der Waals surface area contributed by atoms with E-state index in [1.807, 2.05) is 16.8 Å². The minimum Gasteiger partial charge on any atom is -0.382 e. The van der Waals surface area contributed by atoms with E-state index in [4.69, 9.17) is 23.2 Å². The van der Waals surface area contributed by atoms with Gasteiger partial charge < -0.3 is 15.0 Å². The van der Waals surface area contributed by atoms with E-state index in [-0.39, 0.29) is 0 Å². The summed E-state index contributed by atoms with van der Waals surface area (Å²) in [6.45, 7) is 5.93. The average molecular weight is 550 g/mol. The predicted molar refractivity (Wildman–Crippen MR) is 156 cm³/mol. The summed E-state index contributed by atoms with van der Waals surface area (Å²) in [5, 5.41) is 16.5. The second kappa shape index (κ2) is 12.0. The summed E-state index contributed by atoms with van der Waals surface area (Å²) in [5.41, 5.74) is 4.76. The highest BCUT2D eigenvalue weighted by atomic mass is 35.5. The van der Waals surface area contributed by atoms with Gasteiger partial charge >= 0.3 is 0 Å². The van der Waals surface area contributed by atoms with Crippen molar-refractivity contribution in [3.63, 3.8) is 0 Å². The number of likely N-dealkylation sites (tertiary alicyclic amines) is 1. The molecule has 5 rings (SSSR count). The van der Waals surface area contributed by atoms with Crippen molar-refractivity contribution in [3.05, 3.63) is 112 Å². The molecule has 2 N–H and O–H groups in total. The summed E-state index contributed by atoms with van der Waals surface area (Å²) in [6, 6.07) is 22.8. The van der Waals surface area contributed by atoms with Crippen LogP contribution in [0.25, 0.3) is 11.1 Å². The number of aromatic nitrogens is 2. The first-order valence-corrected chi connectivity index (χ1v) is 13.9. The number of piperidine rings is 1. The highest BCUT2D eigenvalue weighted by Crippen LogP contribution is 2.32. The molecule has 0 spiro atoms. The SMILES string of the molecule is Cc1c(CN2CCC(NCC(O)(Cn3ccnc3)c3ccc(Cl)cc3Cl)CC2)cccc1-c1ccccc1. The molecule has 38 heavy (non-hydrogen) atoms. The van der Waals surface area contributed by atoms with E-state index in [1.165, 1.54) is 22.3 Å². The van der Waals surface area contributed by atoms with Crippen molar-refractivity contribution < 1.29 is 5.11 Å². The van der Waals surface area contributed by atoms with E-state index in [0.29, 0.717) is 34.7 Å². The van der Waals surface area contributed by atoms with E-state index in [2.05, 4.69) is 70.7 Å². The molecule has 1 aliphatic rings. The van der Waals surface area contributed by atoms with Crippen molar-refractivity contribution in [1.82, 2.24) is 19.8 Å². The van der Waals surface area contributed by atoms with Crippen LogP contribution in [0.15, 0.2) is 85.5 Å². The van der Waals surface area contributed by atoms with Crippen LogP contribution in [-0.4, -0.2) is 45.2 Å². The Morgan fingerprint density at radius 2 is 1.82 bits per heavy atom. The first-order chi connectivity index (χ1) is 18.4. The lowest BCUT2D eigenvalue weighted by molar-refractivity contribution is 0.0138. The number of nitrogens with one attached hydrogen (secondary N) is 1. The molecule has 0 saturated carbocycles. The molecule has 5 nitrogen and oxygen atoms in total. The van der Waals surface area contributed by atoms with Gasteiger partial charge in [0.05, 0.1) is 12.9 Å². The Bertz CT molecular complexity index is 1340. The van der Waals surface area contributed by atoms with Crippen LogP contribution in [0.5, 0.6) is 0 Å². The minimum absolute atomic E-state index is 0.323. The van der Waals surface area contributed by atoms with Crippen LogP contribution in [0.1, 0.15) is 29.5 Å². The van der Waals surface area contributed by atoms with E-state index in [9.17, 15) is 5.11 Å². The highest BCUT2D eigenvalue weighted by molar-refractivity contribution is 6.35. The van der Waals surface area contributed by atoms with Gasteiger partial charge in [-0.15, -0.1) is 0 Å². The van der Waals surface area contributed by atoms with Gasteiger partial charge in [-0.25, -0.2) is 4.98 Å². The Morgan fingerprint density at radius 3 is 2.53 bits per heavy atom. The standard InChI is InChI=1S/C31H34Cl2N4O/c1-23-25(8-5-9-28(23)24-6-3-2-4-7-24)19-36-15-12-27(13-16-36)35-20-31(38,21-37-17-14-34-22-37)29-11-10-26(32)18-30(29)33/h2-11,14,17-18,22,27,35,38H,12-13,15-16,19-21H2,1H3. The molecule has 4 aromatic rings. The van der Waals surface area contributed by atoms with Gasteiger partial charge in [0.15, 0.2) is 0 Å². The topological polar surface area (TPSA) is 53.3 Å². The first-order valence-electron chi connectivity index (χ1n) is 13.1. The molecule has 198 valence electrons. The van der Waals surface area contributed by atoms with E-state index in [1.54, 1.807) is 24.7 Å². The number of halogens is 2. The molecule has 0 aliphatic carbocycles. The molecule has 0 amide bonds. The lowest BCUT2D eigenvalue weighted by Gasteiger charge is -2.36. The normalized spacial score (nSPS) is 16.4. The third kappa shape index (κ3) is 6.31. The van der Waals surface area contributed by atoms with E-state index >= 15 is 0 Å². The highest BCUT2D eigenvalue weighted by Gasteiger charge is 2.33. The van der Waals surface area contributed by atoms with Crippen LogP contribution >= 0.6 is 23.2 Å². The predicted octanol–water partition coefficient (Wildman–Crippen LogP) is 6.31. The maximum Gasteiger partial charge on any atom is 0.121 e. The van der Waals surface area contributed by atoms with Gasteiger partial charge in [0, 0.05) is 47.1 Å². The van der Waals surface area contributed by atoms with E-state index in [0.717, 1.165) is 32.5 Å². The van der Waals surface area contributed by atoms with Crippen LogP contribution in [0.2, 0.25) is 10.0 Å². The molecule has 1 atom stereocenters. The second-order valence-corrected chi connectivity index (χ2v) is 11.1. The zero-order valence-corrected chi connectivity index (χ0v) is 23.2. The van der Waals surface area contributed by atoms with Crippen LogP contribution in [0.4, 0.5) is 0 Å². The lowest BCUT2D eigenvalue weighted by Crippen LogP contribution is -2.48. The van der Waals surface area contributed by atoms with Gasteiger partial charge in [-0.1, -0.05) is 77.8 Å². The number of imidazole rings is 1. The van der Waals surface area contributed by atoms with Gasteiger partial charge in [0.1, 0.15) is 5.60 Å². The number of benzene rings is 3. The largest absolute Gasteiger partial charge is 0.382 e. The third-order valence-corrected chi connectivity index (χ3v) is 8.18. The monoisotopic (exact) mass is 548 g/mol. The van der Waals surface area contributed by atoms with Gasteiger partial charge in [-0.2, -0.15) is 0 Å². The average Bonchev–Trinajstić information content (AvgIpc) is 3.43. The summed E-state index contributed by atoms with van der Waals surface area (Å²) in [7, 11) is 0. The molecule has 7 heteroatoms. The lowest BCUT2D eigenvalue weighted by atomic mass is 9.92. The number of aliphatic hydroxyl groups is 1.